The lowest BCUT2D eigenvalue weighted by Gasteiger charge is -2.22. The van der Waals surface area contributed by atoms with Crippen molar-refractivity contribution in [2.24, 2.45) is 0 Å². The van der Waals surface area contributed by atoms with Gasteiger partial charge in [0, 0.05) is 32.9 Å². The first-order valence-electron chi connectivity index (χ1n) is 19.8. The Hall–Kier alpha value is -7.43. The molecule has 0 fully saturated rings. The number of rotatable bonds is 6. The highest BCUT2D eigenvalue weighted by atomic mass is 16.3. The van der Waals surface area contributed by atoms with E-state index in [1.165, 1.54) is 22.3 Å². The predicted octanol–water partition coefficient (Wildman–Crippen LogP) is 14.1. The minimum absolute atomic E-state index is 0.112. The van der Waals surface area contributed by atoms with Crippen LogP contribution in [-0.4, -0.2) is 15.0 Å². The average Bonchev–Trinajstić information content (AvgIpc) is 3.78. The summed E-state index contributed by atoms with van der Waals surface area (Å²) < 4.78 is 6.53. The summed E-state index contributed by atoms with van der Waals surface area (Å²) in [7, 11) is 0. The van der Waals surface area contributed by atoms with Crippen molar-refractivity contribution in [2.75, 3.05) is 0 Å². The van der Waals surface area contributed by atoms with Gasteiger partial charge in [-0.25, -0.2) is 15.0 Å². The minimum Gasteiger partial charge on any atom is -0.456 e. The molecule has 2 heterocycles. The first-order valence-corrected chi connectivity index (χ1v) is 19.8. The van der Waals surface area contributed by atoms with Crippen molar-refractivity contribution >= 4 is 21.9 Å². The van der Waals surface area contributed by atoms with Crippen LogP contribution in [0.4, 0.5) is 0 Å². The third-order valence-electron chi connectivity index (χ3n) is 11.7. The molecule has 0 bridgehead atoms. The van der Waals surface area contributed by atoms with Gasteiger partial charge in [0.1, 0.15) is 11.2 Å². The largest absolute Gasteiger partial charge is 0.456 e. The van der Waals surface area contributed by atoms with Gasteiger partial charge in [-0.05, 0) is 98.1 Å². The fraction of sp³-hybridized carbons (Fsp3) is 0.0556. The first kappa shape index (κ1) is 33.9. The molecule has 4 heteroatoms. The Labute approximate surface area is 337 Å². The SMILES string of the molecule is CC1(C)c2ccccc2-c2ccc(-c3cc(-c4ccccc4)cc(-c4nc(-c5ccccc5)nc(-c5ccc6c(c5)oc5cccc(-c7ccccc7)c56)n4)c3)cc21. The molecule has 1 aliphatic rings. The summed E-state index contributed by atoms with van der Waals surface area (Å²) in [6.07, 6.45) is 0. The van der Waals surface area contributed by atoms with E-state index in [0.29, 0.717) is 17.5 Å². The van der Waals surface area contributed by atoms with E-state index in [0.717, 1.165) is 72.0 Å². The number of benzene rings is 8. The predicted molar refractivity (Wildman–Crippen MR) is 237 cm³/mol. The number of fused-ring (bicyclic) bond motifs is 6. The first-order chi connectivity index (χ1) is 28.5. The van der Waals surface area contributed by atoms with Gasteiger partial charge in [0.2, 0.25) is 0 Å². The minimum atomic E-state index is -0.112. The van der Waals surface area contributed by atoms with Gasteiger partial charge in [0.05, 0.1) is 0 Å². The second-order valence-electron chi connectivity index (χ2n) is 15.6. The number of hydrogen-bond acceptors (Lipinski definition) is 4. The van der Waals surface area contributed by atoms with E-state index in [2.05, 4.69) is 159 Å². The van der Waals surface area contributed by atoms with Crippen molar-refractivity contribution < 1.29 is 4.42 Å². The van der Waals surface area contributed by atoms with E-state index in [-0.39, 0.29) is 5.41 Å². The summed E-state index contributed by atoms with van der Waals surface area (Å²) in [6, 6.07) is 66.1. The molecule has 0 aliphatic heterocycles. The second-order valence-corrected chi connectivity index (χ2v) is 15.6. The van der Waals surface area contributed by atoms with E-state index in [1.54, 1.807) is 0 Å². The highest BCUT2D eigenvalue weighted by molar-refractivity contribution is 6.13. The maximum Gasteiger partial charge on any atom is 0.164 e. The van der Waals surface area contributed by atoms with Crippen LogP contribution in [-0.2, 0) is 5.41 Å². The average molecular weight is 744 g/mol. The molecule has 0 saturated heterocycles. The highest BCUT2D eigenvalue weighted by Gasteiger charge is 2.35. The maximum absolute atomic E-state index is 6.53. The van der Waals surface area contributed by atoms with Gasteiger partial charge in [0.15, 0.2) is 17.5 Å². The van der Waals surface area contributed by atoms with E-state index in [4.69, 9.17) is 19.4 Å². The zero-order valence-corrected chi connectivity index (χ0v) is 32.1. The quantitative estimate of drug-likeness (QED) is 0.170. The van der Waals surface area contributed by atoms with E-state index in [9.17, 15) is 0 Å². The molecule has 8 aromatic carbocycles. The summed E-state index contributed by atoms with van der Waals surface area (Å²) in [5, 5.41) is 2.15. The Bertz CT molecular complexity index is 3180. The standard InChI is InChI=1S/C54H37N3O/c1-54(2)46-23-13-12-21-43(46)44-27-25-37(32-47(44)54)40-29-39(34-15-6-3-7-16-34)30-41(31-40)53-56-51(36-19-10-5-11-20-36)55-52(57-53)38-26-28-45-49(33-38)58-48-24-14-22-42(50(45)48)35-17-8-4-9-18-35/h3-33H,1-2H3. The number of hydrogen-bond donors (Lipinski definition) is 0. The number of aromatic nitrogens is 3. The van der Waals surface area contributed by atoms with Gasteiger partial charge < -0.3 is 4.42 Å². The molecule has 58 heavy (non-hydrogen) atoms. The summed E-state index contributed by atoms with van der Waals surface area (Å²) >= 11 is 0. The van der Waals surface area contributed by atoms with Crippen LogP contribution in [0.25, 0.3) is 101 Å². The molecule has 0 unspecified atom stereocenters. The third kappa shape index (κ3) is 5.64. The molecule has 274 valence electrons. The summed E-state index contributed by atoms with van der Waals surface area (Å²) in [4.78, 5) is 15.5. The van der Waals surface area contributed by atoms with Crippen molar-refractivity contribution in [1.82, 2.24) is 15.0 Å². The normalized spacial score (nSPS) is 12.8. The molecule has 0 saturated carbocycles. The Morgan fingerprint density at radius 1 is 0.345 bits per heavy atom. The van der Waals surface area contributed by atoms with Crippen LogP contribution >= 0.6 is 0 Å². The summed E-state index contributed by atoms with van der Waals surface area (Å²) in [5.41, 5.74) is 16.3. The van der Waals surface area contributed by atoms with Crippen LogP contribution in [0.15, 0.2) is 192 Å². The lowest BCUT2D eigenvalue weighted by molar-refractivity contribution is 0.660. The van der Waals surface area contributed by atoms with Gasteiger partial charge in [-0.3, -0.25) is 0 Å². The fourth-order valence-electron chi connectivity index (χ4n) is 8.78. The van der Waals surface area contributed by atoms with Crippen LogP contribution in [0.2, 0.25) is 0 Å². The fourth-order valence-corrected chi connectivity index (χ4v) is 8.78. The number of furan rings is 1. The van der Waals surface area contributed by atoms with Crippen molar-refractivity contribution in [3.63, 3.8) is 0 Å². The molecule has 0 spiro atoms. The molecule has 2 aromatic heterocycles. The Kier molecular flexibility index (Phi) is 7.80. The highest BCUT2D eigenvalue weighted by Crippen LogP contribution is 2.50. The monoisotopic (exact) mass is 743 g/mol. The van der Waals surface area contributed by atoms with E-state index < -0.39 is 0 Å². The molecular formula is C54H37N3O. The Morgan fingerprint density at radius 3 is 1.64 bits per heavy atom. The second kappa shape index (κ2) is 13.4. The molecule has 1 aliphatic carbocycles. The lowest BCUT2D eigenvalue weighted by Crippen LogP contribution is -2.14. The van der Waals surface area contributed by atoms with Crippen LogP contribution in [0.3, 0.4) is 0 Å². The molecule has 0 radical (unpaired) electrons. The zero-order valence-electron chi connectivity index (χ0n) is 32.1. The zero-order chi connectivity index (χ0) is 38.8. The molecule has 0 atom stereocenters. The van der Waals surface area contributed by atoms with Crippen LogP contribution in [0.5, 0.6) is 0 Å². The third-order valence-corrected chi connectivity index (χ3v) is 11.7. The van der Waals surface area contributed by atoms with Gasteiger partial charge in [-0.1, -0.05) is 159 Å². The van der Waals surface area contributed by atoms with Gasteiger partial charge >= 0.3 is 0 Å². The lowest BCUT2D eigenvalue weighted by atomic mass is 9.81. The topological polar surface area (TPSA) is 51.8 Å². The van der Waals surface area contributed by atoms with Crippen molar-refractivity contribution in [3.05, 3.63) is 199 Å². The maximum atomic E-state index is 6.53. The molecule has 11 rings (SSSR count). The Morgan fingerprint density at radius 2 is 0.897 bits per heavy atom. The van der Waals surface area contributed by atoms with E-state index in [1.807, 2.05) is 42.5 Å². The van der Waals surface area contributed by atoms with E-state index >= 15 is 0 Å². The van der Waals surface area contributed by atoms with Gasteiger partial charge in [-0.15, -0.1) is 0 Å². The van der Waals surface area contributed by atoms with Crippen LogP contribution in [0.1, 0.15) is 25.0 Å². The van der Waals surface area contributed by atoms with Gasteiger partial charge in [0.25, 0.3) is 0 Å². The van der Waals surface area contributed by atoms with Crippen LogP contribution < -0.4 is 0 Å². The van der Waals surface area contributed by atoms with Crippen molar-refractivity contribution in [1.29, 1.82) is 0 Å². The van der Waals surface area contributed by atoms with Gasteiger partial charge in [-0.2, -0.15) is 0 Å². The number of nitrogens with zero attached hydrogens (tertiary/aromatic N) is 3. The molecule has 0 N–H and O–H groups in total. The van der Waals surface area contributed by atoms with Crippen molar-refractivity contribution in [2.45, 2.75) is 19.3 Å². The molecule has 10 aromatic rings. The summed E-state index contributed by atoms with van der Waals surface area (Å²) in [5.74, 6) is 1.80. The smallest absolute Gasteiger partial charge is 0.164 e. The molecular weight excluding hydrogens is 707 g/mol. The Balaban J connectivity index is 1.09. The summed E-state index contributed by atoms with van der Waals surface area (Å²) in [6.45, 7) is 4.66. The van der Waals surface area contributed by atoms with Crippen molar-refractivity contribution in [3.8, 4) is 78.7 Å². The van der Waals surface area contributed by atoms with Crippen LogP contribution in [0, 0.1) is 0 Å². The molecule has 4 nitrogen and oxygen atoms in total. The molecule has 0 amide bonds.